The van der Waals surface area contributed by atoms with E-state index in [0.717, 1.165) is 17.2 Å². The molecule has 0 fully saturated rings. The molecule has 0 aromatic heterocycles. The van der Waals surface area contributed by atoms with Crippen LogP contribution in [0.5, 0.6) is 11.5 Å². The van der Waals surface area contributed by atoms with Gasteiger partial charge in [0.1, 0.15) is 11.5 Å². The van der Waals surface area contributed by atoms with E-state index in [2.05, 4.69) is 5.32 Å². The summed E-state index contributed by atoms with van der Waals surface area (Å²) in [5.74, 6) is 1.59. The second-order valence-electron chi connectivity index (χ2n) is 4.26. The predicted molar refractivity (Wildman–Crippen MR) is 76.5 cm³/mol. The third-order valence-electron chi connectivity index (χ3n) is 2.64. The third-order valence-corrected chi connectivity index (χ3v) is 2.64. The lowest BCUT2D eigenvalue weighted by Gasteiger charge is -2.11. The molecule has 19 heavy (non-hydrogen) atoms. The second kappa shape index (κ2) is 6.78. The fourth-order valence-electron chi connectivity index (χ4n) is 1.58. The Kier molecular flexibility index (Phi) is 4.78. The summed E-state index contributed by atoms with van der Waals surface area (Å²) < 4.78 is 5.69. The molecule has 100 valence electrons. The number of rotatable bonds is 6. The summed E-state index contributed by atoms with van der Waals surface area (Å²) in [7, 11) is 0. The summed E-state index contributed by atoms with van der Waals surface area (Å²) in [6, 6.07) is 17.0. The van der Waals surface area contributed by atoms with Crippen LogP contribution in [0.15, 0.2) is 54.6 Å². The van der Waals surface area contributed by atoms with Crippen LogP contribution in [0, 0.1) is 0 Å². The van der Waals surface area contributed by atoms with Crippen molar-refractivity contribution in [2.75, 3.05) is 18.5 Å². The molecule has 4 N–H and O–H groups in total. The molecule has 0 radical (unpaired) electrons. The van der Waals surface area contributed by atoms with Crippen molar-refractivity contribution in [2.24, 2.45) is 5.73 Å². The molecule has 4 nitrogen and oxygen atoms in total. The van der Waals surface area contributed by atoms with E-state index in [-0.39, 0.29) is 12.6 Å². The van der Waals surface area contributed by atoms with E-state index in [1.807, 2.05) is 54.6 Å². The van der Waals surface area contributed by atoms with Gasteiger partial charge in [-0.3, -0.25) is 0 Å². The van der Waals surface area contributed by atoms with Crippen molar-refractivity contribution in [3.63, 3.8) is 0 Å². The van der Waals surface area contributed by atoms with Crippen molar-refractivity contribution in [2.45, 2.75) is 6.04 Å². The van der Waals surface area contributed by atoms with Gasteiger partial charge in [-0.15, -0.1) is 0 Å². The molecule has 0 amide bonds. The van der Waals surface area contributed by atoms with Gasteiger partial charge in [-0.05, 0) is 36.4 Å². The number of hydrogen-bond acceptors (Lipinski definition) is 4. The van der Waals surface area contributed by atoms with Crippen LogP contribution < -0.4 is 15.8 Å². The van der Waals surface area contributed by atoms with Gasteiger partial charge >= 0.3 is 0 Å². The Balaban J connectivity index is 1.91. The number of para-hydroxylation sites is 1. The Hall–Kier alpha value is -2.04. The van der Waals surface area contributed by atoms with Crippen molar-refractivity contribution in [3.8, 4) is 11.5 Å². The zero-order valence-corrected chi connectivity index (χ0v) is 10.6. The lowest BCUT2D eigenvalue weighted by Crippen LogP contribution is -2.32. The van der Waals surface area contributed by atoms with Gasteiger partial charge in [0.05, 0.1) is 6.61 Å². The Bertz CT molecular complexity index is 485. The highest BCUT2D eigenvalue weighted by Crippen LogP contribution is 2.22. The number of hydrogen-bond donors (Lipinski definition) is 3. The van der Waals surface area contributed by atoms with Gasteiger partial charge in [0.2, 0.25) is 0 Å². The van der Waals surface area contributed by atoms with Crippen LogP contribution >= 0.6 is 0 Å². The smallest absolute Gasteiger partial charge is 0.127 e. The monoisotopic (exact) mass is 258 g/mol. The second-order valence-corrected chi connectivity index (χ2v) is 4.26. The molecule has 0 aliphatic heterocycles. The number of benzene rings is 2. The maximum Gasteiger partial charge on any atom is 0.127 e. The first kappa shape index (κ1) is 13.4. The van der Waals surface area contributed by atoms with Gasteiger partial charge in [-0.25, -0.2) is 0 Å². The van der Waals surface area contributed by atoms with Crippen molar-refractivity contribution < 1.29 is 9.84 Å². The first-order valence-electron chi connectivity index (χ1n) is 6.21. The Labute approximate surface area is 112 Å². The zero-order valence-electron chi connectivity index (χ0n) is 10.6. The fourth-order valence-corrected chi connectivity index (χ4v) is 1.58. The standard InChI is InChI=1S/C15H18N2O2/c16-12(11-18)10-17-13-6-8-15(9-7-13)19-14-4-2-1-3-5-14/h1-9,12,17-18H,10-11,16H2. The Morgan fingerprint density at radius 2 is 1.63 bits per heavy atom. The van der Waals surface area contributed by atoms with Crippen LogP contribution in [0.4, 0.5) is 5.69 Å². The minimum Gasteiger partial charge on any atom is -0.457 e. The van der Waals surface area contributed by atoms with E-state index in [4.69, 9.17) is 15.6 Å². The minimum atomic E-state index is -0.250. The lowest BCUT2D eigenvalue weighted by molar-refractivity contribution is 0.270. The number of ether oxygens (including phenoxy) is 1. The van der Waals surface area contributed by atoms with Crippen LogP contribution in [0.2, 0.25) is 0 Å². The number of aliphatic hydroxyl groups excluding tert-OH is 1. The minimum absolute atomic E-state index is 0.0256. The number of nitrogens with one attached hydrogen (secondary N) is 1. The molecule has 4 heteroatoms. The van der Waals surface area contributed by atoms with Crippen molar-refractivity contribution in [3.05, 3.63) is 54.6 Å². The number of aliphatic hydroxyl groups is 1. The Morgan fingerprint density at radius 1 is 1.00 bits per heavy atom. The van der Waals surface area contributed by atoms with Crippen LogP contribution in [0.3, 0.4) is 0 Å². The largest absolute Gasteiger partial charge is 0.457 e. The highest BCUT2D eigenvalue weighted by Gasteiger charge is 2.00. The maximum absolute atomic E-state index is 8.84. The highest BCUT2D eigenvalue weighted by molar-refractivity contribution is 5.47. The van der Waals surface area contributed by atoms with Crippen LogP contribution in [0.25, 0.3) is 0 Å². The van der Waals surface area contributed by atoms with E-state index in [1.165, 1.54) is 0 Å². The molecule has 1 unspecified atom stereocenters. The van der Waals surface area contributed by atoms with E-state index >= 15 is 0 Å². The van der Waals surface area contributed by atoms with Gasteiger partial charge < -0.3 is 20.9 Å². The number of anilines is 1. The summed E-state index contributed by atoms with van der Waals surface area (Å²) in [6.45, 7) is 0.511. The molecule has 2 aromatic carbocycles. The van der Waals surface area contributed by atoms with E-state index in [1.54, 1.807) is 0 Å². The van der Waals surface area contributed by atoms with Gasteiger partial charge in [0, 0.05) is 18.3 Å². The topological polar surface area (TPSA) is 67.5 Å². The maximum atomic E-state index is 8.84. The quantitative estimate of drug-likeness (QED) is 0.743. The average Bonchev–Trinajstić information content (AvgIpc) is 2.47. The van der Waals surface area contributed by atoms with Gasteiger partial charge in [0.25, 0.3) is 0 Å². The predicted octanol–water partition coefficient (Wildman–Crippen LogP) is 2.21. The van der Waals surface area contributed by atoms with E-state index < -0.39 is 0 Å². The summed E-state index contributed by atoms with van der Waals surface area (Å²) in [5, 5.41) is 12.0. The van der Waals surface area contributed by atoms with Gasteiger partial charge in [0.15, 0.2) is 0 Å². The van der Waals surface area contributed by atoms with Crippen molar-refractivity contribution >= 4 is 5.69 Å². The van der Waals surface area contributed by atoms with Gasteiger partial charge in [-0.2, -0.15) is 0 Å². The van der Waals surface area contributed by atoms with Crippen LogP contribution in [-0.2, 0) is 0 Å². The van der Waals surface area contributed by atoms with E-state index in [0.29, 0.717) is 6.54 Å². The molecule has 2 aromatic rings. The van der Waals surface area contributed by atoms with Gasteiger partial charge in [-0.1, -0.05) is 18.2 Å². The molecule has 0 heterocycles. The summed E-state index contributed by atoms with van der Waals surface area (Å²) in [4.78, 5) is 0. The zero-order chi connectivity index (χ0) is 13.5. The first-order chi connectivity index (χ1) is 9.28. The molecule has 0 saturated heterocycles. The van der Waals surface area contributed by atoms with Crippen LogP contribution in [-0.4, -0.2) is 24.3 Å². The first-order valence-corrected chi connectivity index (χ1v) is 6.21. The molecule has 0 spiro atoms. The van der Waals surface area contributed by atoms with Crippen molar-refractivity contribution in [1.82, 2.24) is 0 Å². The van der Waals surface area contributed by atoms with Crippen LogP contribution in [0.1, 0.15) is 0 Å². The lowest BCUT2D eigenvalue weighted by atomic mass is 10.2. The molecule has 0 saturated carbocycles. The third kappa shape index (κ3) is 4.28. The highest BCUT2D eigenvalue weighted by atomic mass is 16.5. The summed E-state index contributed by atoms with van der Waals surface area (Å²) in [5.41, 5.74) is 6.56. The number of nitrogens with two attached hydrogens (primary N) is 1. The molecule has 1 atom stereocenters. The molecule has 2 rings (SSSR count). The molecule has 0 aliphatic rings. The van der Waals surface area contributed by atoms with Crippen molar-refractivity contribution in [1.29, 1.82) is 0 Å². The normalized spacial score (nSPS) is 11.9. The fraction of sp³-hybridized carbons (Fsp3) is 0.200. The molecular formula is C15H18N2O2. The van der Waals surface area contributed by atoms with E-state index in [9.17, 15) is 0 Å². The summed E-state index contributed by atoms with van der Waals surface area (Å²) >= 11 is 0. The summed E-state index contributed by atoms with van der Waals surface area (Å²) in [6.07, 6.45) is 0. The molecule has 0 aliphatic carbocycles. The Morgan fingerprint density at radius 3 is 2.26 bits per heavy atom. The molecular weight excluding hydrogens is 240 g/mol. The SMILES string of the molecule is NC(CO)CNc1ccc(Oc2ccccc2)cc1. The average molecular weight is 258 g/mol. The molecule has 0 bridgehead atoms.